The topological polar surface area (TPSA) is 43.3 Å². The summed E-state index contributed by atoms with van der Waals surface area (Å²) in [6.45, 7) is 17.3. The van der Waals surface area contributed by atoms with Crippen molar-refractivity contribution in [2.24, 2.45) is 4.99 Å². The molecule has 8 aromatic carbocycles. The number of imidazole rings is 1. The molecule has 1 saturated heterocycles. The van der Waals surface area contributed by atoms with E-state index in [0.29, 0.717) is 0 Å². The Hall–Kier alpha value is -6.17. The first kappa shape index (κ1) is 45.9. The largest absolute Gasteiger partial charge is 0.500 e. The third kappa shape index (κ3) is 8.77. The van der Waals surface area contributed by atoms with Crippen LogP contribution in [0, 0.1) is 12.1 Å². The van der Waals surface area contributed by atoms with Gasteiger partial charge in [-0.25, -0.2) is 0 Å². The first-order valence-electron chi connectivity index (χ1n) is 26.2. The van der Waals surface area contributed by atoms with Gasteiger partial charge in [0.2, 0.25) is 0 Å². The number of nitrogens with zero attached hydrogens (tertiary/aromatic N) is 3. The number of benzene rings is 8. The fourth-order valence-corrected chi connectivity index (χ4v) is 15.2. The van der Waals surface area contributed by atoms with Crippen molar-refractivity contribution in [3.63, 3.8) is 0 Å². The van der Waals surface area contributed by atoms with Crippen molar-refractivity contribution in [2.45, 2.75) is 109 Å². The maximum atomic E-state index is 8.80. The number of hydrogen-bond donors (Lipinski definition) is 0. The monoisotopic (exact) mass is 1120 g/mol. The van der Waals surface area contributed by atoms with E-state index in [1.54, 1.807) is 5.19 Å². The van der Waals surface area contributed by atoms with E-state index in [1.807, 2.05) is 100 Å². The number of hydrogen-bond acceptors (Lipinski definition) is 3. The summed E-state index contributed by atoms with van der Waals surface area (Å²) in [7, 11) is -1.47. The Labute approximate surface area is 437 Å². The van der Waals surface area contributed by atoms with Gasteiger partial charge in [-0.05, 0) is 74.3 Å². The zero-order chi connectivity index (χ0) is 50.2. The van der Waals surface area contributed by atoms with Crippen LogP contribution in [0.15, 0.2) is 167 Å². The second kappa shape index (κ2) is 19.4. The third-order valence-electron chi connectivity index (χ3n) is 15.0. The van der Waals surface area contributed by atoms with Gasteiger partial charge in [0.1, 0.15) is 5.58 Å². The summed E-state index contributed by atoms with van der Waals surface area (Å²) in [6.07, 6.45) is 4.16. The minimum absolute atomic E-state index is 0. The Balaban J connectivity index is 0.000000178. The molecule has 0 spiro atoms. The maximum Gasteiger partial charge on any atom is 0.128 e. The molecule has 2 aliphatic heterocycles. The molecule has 4 nitrogen and oxygen atoms in total. The predicted octanol–water partition coefficient (Wildman–Crippen LogP) is 17.3. The number of rotatable bonds is 7. The average Bonchev–Trinajstić information content (AvgIpc) is 4.08. The number of aromatic nitrogens is 2. The first-order chi connectivity index (χ1) is 34.5. The van der Waals surface area contributed by atoms with Crippen LogP contribution < -0.4 is 5.19 Å². The predicted molar refractivity (Wildman–Crippen MR) is 298 cm³/mol. The number of furan rings is 1. The van der Waals surface area contributed by atoms with Crippen molar-refractivity contribution in [2.75, 3.05) is 0 Å². The normalized spacial score (nSPS) is 16.2. The maximum absolute atomic E-state index is 8.80. The summed E-state index contributed by atoms with van der Waals surface area (Å²) >= 11 is 0. The van der Waals surface area contributed by atoms with Gasteiger partial charge in [-0.3, -0.25) is 9.98 Å². The molecular weight excluding hydrogens is 1060 g/mol. The SMILES string of the molecule is CC(C)(C)c1cc([Si]2(C)CCCCC2)ccc1C1C(c2[c-]ccc3c2oc2c4ccccc4ccc32)=Nc2ccccc21.[2H]C(C)(C)c1cccc(C([2H])(C)C)c1-n1c(-c2[c-]cccc2)nc2ccccc21.[Ir]. The van der Waals surface area contributed by atoms with Crippen LogP contribution in [0.25, 0.3) is 60.8 Å². The van der Waals surface area contributed by atoms with Gasteiger partial charge in [0, 0.05) is 45.2 Å². The Morgan fingerprint density at radius 2 is 1.38 bits per heavy atom. The fraction of sp³-hybridized carbons (Fsp3) is 0.262. The molecule has 71 heavy (non-hydrogen) atoms. The quantitative estimate of drug-likeness (QED) is 0.118. The molecule has 0 bridgehead atoms. The zero-order valence-corrected chi connectivity index (χ0v) is 45.6. The molecule has 1 fully saturated rings. The summed E-state index contributed by atoms with van der Waals surface area (Å²) in [5.41, 5.74) is 14.3. The van der Waals surface area contributed by atoms with Crippen LogP contribution in [0.4, 0.5) is 5.69 Å². The Morgan fingerprint density at radius 1 is 0.676 bits per heavy atom. The molecule has 6 heteroatoms. The molecule has 0 aliphatic carbocycles. The summed E-state index contributed by atoms with van der Waals surface area (Å²) < 4.78 is 26.5. The van der Waals surface area contributed by atoms with Gasteiger partial charge < -0.3 is 8.98 Å². The van der Waals surface area contributed by atoms with Crippen molar-refractivity contribution in [3.8, 4) is 17.1 Å². The minimum Gasteiger partial charge on any atom is -0.500 e. The van der Waals surface area contributed by atoms with Crippen LogP contribution in [0.3, 0.4) is 0 Å². The van der Waals surface area contributed by atoms with Crippen LogP contribution in [0.2, 0.25) is 18.6 Å². The van der Waals surface area contributed by atoms with Gasteiger partial charge >= 0.3 is 0 Å². The molecule has 12 rings (SSSR count). The molecule has 1 unspecified atom stereocenters. The second-order valence-electron chi connectivity index (χ2n) is 21.3. The number of aliphatic imine (C=N–C) groups is 1. The average molecular weight is 1120 g/mol. The van der Waals surface area contributed by atoms with Crippen LogP contribution in [0.1, 0.15) is 122 Å². The van der Waals surface area contributed by atoms with Crippen LogP contribution in [-0.2, 0) is 25.5 Å². The Bertz CT molecular complexity index is 3680. The summed E-state index contributed by atoms with van der Waals surface area (Å²) in [5, 5.41) is 6.22. The van der Waals surface area contributed by atoms with Gasteiger partial charge in [-0.1, -0.05) is 206 Å². The van der Waals surface area contributed by atoms with Gasteiger partial charge in [0.05, 0.1) is 36.2 Å². The molecule has 1 atom stereocenters. The molecule has 0 amide bonds. The molecule has 10 aromatic rings. The van der Waals surface area contributed by atoms with Crippen molar-refractivity contribution in [1.82, 2.24) is 9.55 Å². The van der Waals surface area contributed by atoms with E-state index in [1.165, 1.54) is 53.4 Å². The smallest absolute Gasteiger partial charge is 0.128 e. The van der Waals surface area contributed by atoms with E-state index in [2.05, 4.69) is 129 Å². The first-order valence-corrected chi connectivity index (χ1v) is 28.1. The summed E-state index contributed by atoms with van der Waals surface area (Å²) in [5.74, 6) is -0.875. The van der Waals surface area contributed by atoms with E-state index >= 15 is 0 Å². The molecule has 2 aromatic heterocycles. The minimum atomic E-state index is -1.47. The van der Waals surface area contributed by atoms with Crippen molar-refractivity contribution in [1.29, 1.82) is 0 Å². The van der Waals surface area contributed by atoms with Crippen molar-refractivity contribution < 1.29 is 27.3 Å². The molecule has 1 radical (unpaired) electrons. The van der Waals surface area contributed by atoms with E-state index in [4.69, 9.17) is 17.1 Å². The zero-order valence-electron chi connectivity index (χ0n) is 44.2. The van der Waals surface area contributed by atoms with E-state index in [0.717, 1.165) is 83.5 Å². The van der Waals surface area contributed by atoms with Gasteiger partial charge in [-0.2, -0.15) is 0 Å². The van der Waals surface area contributed by atoms with Gasteiger partial charge in [-0.15, -0.1) is 54.1 Å². The van der Waals surface area contributed by atoms with Crippen molar-refractivity contribution >= 4 is 68.4 Å². The molecule has 2 aliphatic rings. The molecule has 359 valence electrons. The van der Waals surface area contributed by atoms with Gasteiger partial charge in [0.15, 0.2) is 0 Å². The van der Waals surface area contributed by atoms with Crippen LogP contribution in [0.5, 0.6) is 0 Å². The molecular formula is C65H63IrN3OSi-2. The number of para-hydroxylation sites is 4. The van der Waals surface area contributed by atoms with Crippen LogP contribution >= 0.6 is 0 Å². The molecule has 0 N–H and O–H groups in total. The number of fused-ring (bicyclic) bond motifs is 7. The Morgan fingerprint density at radius 3 is 2.13 bits per heavy atom. The van der Waals surface area contributed by atoms with Crippen LogP contribution in [-0.4, -0.2) is 23.3 Å². The summed E-state index contributed by atoms with van der Waals surface area (Å²) in [6, 6.07) is 64.8. The Kier molecular flexibility index (Phi) is 12.6. The summed E-state index contributed by atoms with van der Waals surface area (Å²) in [4.78, 5) is 10.3. The standard InChI is InChI=1S/C40H38NOSi.C25H25N2.Ir/c1-40(2,3)34-25-27(43(4)23-10-5-11-24-43)20-22-31(34)36-32-15-8-9-18-35(32)41-37(36)33-17-12-16-29-30-21-19-26-13-6-7-14-28(26)38(30)42-39(29)33;1-17(2)20-13-10-14-21(18(3)4)24(20)27-23-16-9-8-15-22(23)26-25(27)19-11-6-5-7-12-19;/h6-9,12-16,18-22,25,36H,5,10-11,23-24H2,1-4H3;5-11,13-18H,1-4H3;/q2*-1;/i;17D,18D;. The van der Waals surface area contributed by atoms with Crippen molar-refractivity contribution in [3.05, 3.63) is 203 Å². The van der Waals surface area contributed by atoms with E-state index in [9.17, 15) is 0 Å². The second-order valence-corrected chi connectivity index (χ2v) is 26.0. The van der Waals surface area contributed by atoms with E-state index in [-0.39, 0.29) is 31.4 Å². The fourth-order valence-electron chi connectivity index (χ4n) is 11.4. The third-order valence-corrected chi connectivity index (χ3v) is 19.6. The van der Waals surface area contributed by atoms with E-state index < -0.39 is 19.9 Å². The molecule has 4 heterocycles. The van der Waals surface area contributed by atoms with Gasteiger partial charge in [0.25, 0.3) is 0 Å². The molecule has 0 saturated carbocycles.